The van der Waals surface area contributed by atoms with Gasteiger partial charge in [-0.15, -0.1) is 0 Å². The van der Waals surface area contributed by atoms with Crippen LogP contribution in [-0.4, -0.2) is 94.2 Å². The number of carbonyl (C=O) groups is 3. The molecule has 1 aromatic heterocycles. The van der Waals surface area contributed by atoms with Crippen LogP contribution in [0.5, 0.6) is 0 Å². The summed E-state index contributed by atoms with van der Waals surface area (Å²) in [6.45, 7) is 4.56. The van der Waals surface area contributed by atoms with E-state index < -0.39 is 12.1 Å². The van der Waals surface area contributed by atoms with Gasteiger partial charge in [0.1, 0.15) is 17.8 Å². The lowest BCUT2D eigenvalue weighted by Gasteiger charge is -2.49. The Hall–Kier alpha value is -3.20. The molecule has 9 nitrogen and oxygen atoms in total. The molecule has 2 fully saturated rings. The van der Waals surface area contributed by atoms with E-state index in [9.17, 15) is 14.4 Å². The number of carbonyl (C=O) groups excluding carboxylic acids is 3. The summed E-state index contributed by atoms with van der Waals surface area (Å²) in [5, 5.41) is 4.34. The van der Waals surface area contributed by atoms with E-state index in [1.54, 1.807) is 33.9 Å². The lowest BCUT2D eigenvalue weighted by Crippen LogP contribution is -2.70. The van der Waals surface area contributed by atoms with Gasteiger partial charge in [0.15, 0.2) is 0 Å². The molecule has 2 saturated heterocycles. The second-order valence-electron chi connectivity index (χ2n) is 8.09. The van der Waals surface area contributed by atoms with Gasteiger partial charge in [-0.1, -0.05) is 30.3 Å². The number of rotatable bonds is 7. The molecule has 0 radical (unpaired) electrons. The highest BCUT2D eigenvalue weighted by atomic mass is 16.5. The number of piperazine rings is 2. The first-order valence-electron chi connectivity index (χ1n) is 11.0. The number of ether oxygens (including phenoxy) is 1. The van der Waals surface area contributed by atoms with Gasteiger partial charge in [-0.25, -0.2) is 0 Å². The standard InChI is InChI=1S/C23H29N5O4/c1-3-26-10-9-18(24-26)21(29)28-16-20-22(30)25(13-14-32-2)11-12-27(20)23(31)19(28)15-17-7-5-4-6-8-17/h4-10,19-20H,3,11-16H2,1-2H3/t19-,20-/m0/s1. The summed E-state index contributed by atoms with van der Waals surface area (Å²) in [7, 11) is 1.59. The fourth-order valence-electron chi connectivity index (χ4n) is 4.40. The third-order valence-corrected chi connectivity index (χ3v) is 6.18. The number of hydrogen-bond acceptors (Lipinski definition) is 5. The van der Waals surface area contributed by atoms with Crippen LogP contribution in [-0.2, 0) is 27.3 Å². The molecule has 4 rings (SSSR count). The maximum atomic E-state index is 13.5. The number of benzene rings is 1. The minimum absolute atomic E-state index is 0.142. The van der Waals surface area contributed by atoms with E-state index in [0.717, 1.165) is 5.56 Å². The molecular weight excluding hydrogens is 410 g/mol. The number of aromatic nitrogens is 2. The van der Waals surface area contributed by atoms with Crippen LogP contribution in [0.4, 0.5) is 0 Å². The Labute approximate surface area is 187 Å². The van der Waals surface area contributed by atoms with Gasteiger partial charge in [0.05, 0.1) is 13.2 Å². The van der Waals surface area contributed by atoms with Crippen molar-refractivity contribution in [2.75, 3.05) is 39.9 Å². The monoisotopic (exact) mass is 439 g/mol. The van der Waals surface area contributed by atoms with Gasteiger partial charge < -0.3 is 19.4 Å². The van der Waals surface area contributed by atoms with Crippen LogP contribution in [0.2, 0.25) is 0 Å². The number of amides is 3. The quantitative estimate of drug-likeness (QED) is 0.632. The maximum Gasteiger partial charge on any atom is 0.275 e. The zero-order chi connectivity index (χ0) is 22.7. The van der Waals surface area contributed by atoms with E-state index >= 15 is 0 Å². The number of aryl methyl sites for hydroxylation is 1. The second kappa shape index (κ2) is 9.52. The van der Waals surface area contributed by atoms with Crippen molar-refractivity contribution >= 4 is 17.7 Å². The summed E-state index contributed by atoms with van der Waals surface area (Å²) in [4.78, 5) is 45.0. The van der Waals surface area contributed by atoms with Crippen LogP contribution in [0.1, 0.15) is 23.0 Å². The van der Waals surface area contributed by atoms with Gasteiger partial charge in [-0.05, 0) is 18.6 Å². The van der Waals surface area contributed by atoms with E-state index in [1.165, 1.54) is 4.90 Å². The molecule has 3 heterocycles. The molecule has 0 saturated carbocycles. The molecule has 2 aromatic rings. The summed E-state index contributed by atoms with van der Waals surface area (Å²) in [5.41, 5.74) is 1.25. The Bertz CT molecular complexity index is 976. The van der Waals surface area contributed by atoms with Crippen LogP contribution in [0.3, 0.4) is 0 Å². The Morgan fingerprint density at radius 2 is 1.91 bits per heavy atom. The van der Waals surface area contributed by atoms with Crippen molar-refractivity contribution in [3.8, 4) is 0 Å². The molecule has 0 bridgehead atoms. The van der Waals surface area contributed by atoms with Crippen molar-refractivity contribution in [1.29, 1.82) is 0 Å². The van der Waals surface area contributed by atoms with E-state index in [4.69, 9.17) is 4.74 Å². The highest BCUT2D eigenvalue weighted by Crippen LogP contribution is 2.25. The van der Waals surface area contributed by atoms with Gasteiger partial charge in [0.25, 0.3) is 5.91 Å². The van der Waals surface area contributed by atoms with E-state index in [0.29, 0.717) is 39.2 Å². The Kier molecular flexibility index (Phi) is 6.55. The molecule has 32 heavy (non-hydrogen) atoms. The third kappa shape index (κ3) is 4.25. The lowest BCUT2D eigenvalue weighted by molar-refractivity contribution is -0.160. The van der Waals surface area contributed by atoms with Gasteiger partial charge in [-0.3, -0.25) is 19.1 Å². The molecule has 170 valence electrons. The Morgan fingerprint density at radius 1 is 1.12 bits per heavy atom. The largest absolute Gasteiger partial charge is 0.383 e. The summed E-state index contributed by atoms with van der Waals surface area (Å²) in [5.74, 6) is -0.655. The lowest BCUT2D eigenvalue weighted by atomic mass is 9.96. The predicted molar refractivity (Wildman–Crippen MR) is 117 cm³/mol. The van der Waals surface area contributed by atoms with Crippen LogP contribution < -0.4 is 0 Å². The summed E-state index contributed by atoms with van der Waals surface area (Å²) in [6.07, 6.45) is 2.14. The topological polar surface area (TPSA) is 88.0 Å². The SMILES string of the molecule is CCn1ccc(C(=O)N2C[C@H]3C(=O)N(CCOC)CCN3C(=O)[C@@H]2Cc2ccccc2)n1. The molecule has 2 aliphatic rings. The number of nitrogens with zero attached hydrogens (tertiary/aromatic N) is 5. The van der Waals surface area contributed by atoms with Crippen molar-refractivity contribution in [2.45, 2.75) is 32.0 Å². The van der Waals surface area contributed by atoms with Crippen LogP contribution in [0, 0.1) is 0 Å². The summed E-state index contributed by atoms with van der Waals surface area (Å²) in [6, 6.07) is 9.94. The number of methoxy groups -OCH3 is 1. The van der Waals surface area contributed by atoms with Gasteiger partial charge in [0.2, 0.25) is 11.8 Å². The molecule has 2 atom stereocenters. The van der Waals surface area contributed by atoms with Crippen molar-refractivity contribution < 1.29 is 19.1 Å². The molecule has 9 heteroatoms. The molecule has 3 amide bonds. The first-order valence-corrected chi connectivity index (χ1v) is 11.0. The highest BCUT2D eigenvalue weighted by molar-refractivity contribution is 6.00. The van der Waals surface area contributed by atoms with Crippen molar-refractivity contribution in [3.05, 3.63) is 53.9 Å². The molecule has 1 aromatic carbocycles. The zero-order valence-corrected chi connectivity index (χ0v) is 18.5. The smallest absolute Gasteiger partial charge is 0.275 e. The average Bonchev–Trinajstić information content (AvgIpc) is 3.30. The van der Waals surface area contributed by atoms with Gasteiger partial charge >= 0.3 is 0 Å². The van der Waals surface area contributed by atoms with E-state index in [2.05, 4.69) is 5.10 Å². The molecule has 0 unspecified atom stereocenters. The molecule has 0 spiro atoms. The highest BCUT2D eigenvalue weighted by Gasteiger charge is 2.48. The predicted octanol–water partition coefficient (Wildman–Crippen LogP) is 0.656. The van der Waals surface area contributed by atoms with Gasteiger partial charge in [0, 0.05) is 45.9 Å². The third-order valence-electron chi connectivity index (χ3n) is 6.18. The maximum absolute atomic E-state index is 13.5. The second-order valence-corrected chi connectivity index (χ2v) is 8.09. The molecular formula is C23H29N5O4. The summed E-state index contributed by atoms with van der Waals surface area (Å²) >= 11 is 0. The Morgan fingerprint density at radius 3 is 2.59 bits per heavy atom. The first kappa shape index (κ1) is 22.0. The molecule has 2 aliphatic heterocycles. The summed E-state index contributed by atoms with van der Waals surface area (Å²) < 4.78 is 6.79. The van der Waals surface area contributed by atoms with Crippen molar-refractivity contribution in [2.24, 2.45) is 0 Å². The number of hydrogen-bond donors (Lipinski definition) is 0. The number of fused-ring (bicyclic) bond motifs is 1. The average molecular weight is 440 g/mol. The van der Waals surface area contributed by atoms with Gasteiger partial charge in [-0.2, -0.15) is 5.10 Å². The minimum Gasteiger partial charge on any atom is -0.383 e. The zero-order valence-electron chi connectivity index (χ0n) is 18.5. The van der Waals surface area contributed by atoms with Crippen LogP contribution in [0.15, 0.2) is 42.6 Å². The van der Waals surface area contributed by atoms with Crippen molar-refractivity contribution in [1.82, 2.24) is 24.5 Å². The van der Waals surface area contributed by atoms with Crippen LogP contribution in [0.25, 0.3) is 0 Å². The molecule has 0 N–H and O–H groups in total. The van der Waals surface area contributed by atoms with Crippen LogP contribution >= 0.6 is 0 Å². The van der Waals surface area contributed by atoms with Crippen molar-refractivity contribution in [3.63, 3.8) is 0 Å². The van der Waals surface area contributed by atoms with E-state index in [1.807, 2.05) is 37.3 Å². The fourth-order valence-corrected chi connectivity index (χ4v) is 4.40. The minimum atomic E-state index is -0.683. The normalized spacial score (nSPS) is 21.1. The van der Waals surface area contributed by atoms with E-state index in [-0.39, 0.29) is 30.0 Å². The Balaban J connectivity index is 1.63. The fraction of sp³-hybridized carbons (Fsp3) is 0.478. The molecule has 0 aliphatic carbocycles. The first-order chi connectivity index (χ1) is 15.5.